The summed E-state index contributed by atoms with van der Waals surface area (Å²) in [5.41, 5.74) is -1.04. The Morgan fingerprint density at radius 3 is 2.71 bits per heavy atom. The molecule has 4 aliphatic carbocycles. The van der Waals surface area contributed by atoms with Gasteiger partial charge in [0.1, 0.15) is 12.2 Å². The van der Waals surface area contributed by atoms with Crippen LogP contribution in [-0.2, 0) is 19.1 Å². The Kier molecular flexibility index (Phi) is 5.61. The van der Waals surface area contributed by atoms with Crippen LogP contribution in [0.3, 0.4) is 0 Å². The smallest absolute Gasteiger partial charge is 0.190 e. The van der Waals surface area contributed by atoms with Gasteiger partial charge in [-0.1, -0.05) is 32.4 Å². The van der Waals surface area contributed by atoms with Crippen LogP contribution in [0.1, 0.15) is 53.4 Å². The Balaban J connectivity index is 1.78. The monoisotopic (exact) mass is 432 g/mol. The van der Waals surface area contributed by atoms with Gasteiger partial charge in [0.2, 0.25) is 0 Å². The molecular weight excluding hydrogens is 396 g/mol. The normalized spacial score (nSPS) is 47.3. The number of carbonyl (C=O) groups is 2. The molecule has 0 aromatic heterocycles. The van der Waals surface area contributed by atoms with Crippen LogP contribution in [-0.4, -0.2) is 53.5 Å². The van der Waals surface area contributed by atoms with Gasteiger partial charge in [-0.05, 0) is 62.5 Å². The van der Waals surface area contributed by atoms with Gasteiger partial charge in [-0.2, -0.15) is 0 Å². The van der Waals surface area contributed by atoms with Gasteiger partial charge < -0.3 is 19.7 Å². The van der Waals surface area contributed by atoms with E-state index >= 15 is 0 Å². The van der Waals surface area contributed by atoms with E-state index in [0.717, 1.165) is 18.4 Å². The number of rotatable bonds is 5. The third-order valence-corrected chi connectivity index (χ3v) is 9.23. The largest absolute Gasteiger partial charge is 0.393 e. The van der Waals surface area contributed by atoms with Gasteiger partial charge in [0, 0.05) is 23.9 Å². The third kappa shape index (κ3) is 3.05. The molecule has 0 bridgehead atoms. The summed E-state index contributed by atoms with van der Waals surface area (Å²) in [6.07, 6.45) is 6.76. The molecule has 3 saturated carbocycles. The molecule has 0 aromatic rings. The van der Waals surface area contributed by atoms with Crippen molar-refractivity contribution in [1.82, 2.24) is 0 Å². The van der Waals surface area contributed by atoms with Crippen molar-refractivity contribution in [3.05, 3.63) is 23.8 Å². The molecule has 6 heteroatoms. The van der Waals surface area contributed by atoms with E-state index in [1.54, 1.807) is 19.1 Å². The molecule has 0 heterocycles. The van der Waals surface area contributed by atoms with Crippen LogP contribution in [0.2, 0.25) is 0 Å². The fourth-order valence-corrected chi connectivity index (χ4v) is 7.91. The number of fused-ring (bicyclic) bond motifs is 5. The first-order chi connectivity index (χ1) is 14.5. The number of aliphatic hydroxyl groups excluding tert-OH is 2. The van der Waals surface area contributed by atoms with E-state index in [1.807, 2.05) is 6.08 Å². The van der Waals surface area contributed by atoms with E-state index in [0.29, 0.717) is 12.8 Å². The maximum Gasteiger partial charge on any atom is 0.190 e. The minimum absolute atomic E-state index is 0.0164. The summed E-state index contributed by atoms with van der Waals surface area (Å²) < 4.78 is 11.6. The van der Waals surface area contributed by atoms with Crippen LogP contribution >= 0.6 is 0 Å². The Morgan fingerprint density at radius 2 is 2.06 bits per heavy atom. The van der Waals surface area contributed by atoms with Crippen LogP contribution in [0, 0.1) is 34.5 Å². The van der Waals surface area contributed by atoms with Crippen LogP contribution in [0.25, 0.3) is 0 Å². The van der Waals surface area contributed by atoms with Crippen molar-refractivity contribution in [2.45, 2.75) is 71.4 Å². The molecule has 0 aromatic carbocycles. The fraction of sp³-hybridized carbons (Fsp3) is 0.760. The molecule has 31 heavy (non-hydrogen) atoms. The van der Waals surface area contributed by atoms with Gasteiger partial charge in [0.25, 0.3) is 0 Å². The fourth-order valence-electron chi connectivity index (χ4n) is 7.91. The van der Waals surface area contributed by atoms with E-state index in [-0.39, 0.29) is 40.7 Å². The van der Waals surface area contributed by atoms with Crippen molar-refractivity contribution in [1.29, 1.82) is 0 Å². The predicted molar refractivity (Wildman–Crippen MR) is 115 cm³/mol. The molecule has 0 aliphatic heterocycles. The first-order valence-electron chi connectivity index (χ1n) is 11.5. The summed E-state index contributed by atoms with van der Waals surface area (Å²) >= 11 is 0. The average molecular weight is 433 g/mol. The molecule has 2 N–H and O–H groups in total. The van der Waals surface area contributed by atoms with E-state index < -0.39 is 30.0 Å². The van der Waals surface area contributed by atoms with Crippen LogP contribution in [0.5, 0.6) is 0 Å². The second kappa shape index (κ2) is 7.62. The first-order valence-corrected chi connectivity index (χ1v) is 11.5. The highest BCUT2D eigenvalue weighted by Gasteiger charge is 2.69. The lowest BCUT2D eigenvalue weighted by molar-refractivity contribution is -0.242. The molecule has 4 aliphatic rings. The number of allylic oxidation sites excluding steroid dienone is 4. The molecule has 9 atom stereocenters. The molecule has 3 unspecified atom stereocenters. The number of methoxy groups -OCH3 is 1. The van der Waals surface area contributed by atoms with E-state index in [4.69, 9.17) is 9.47 Å². The van der Waals surface area contributed by atoms with Crippen molar-refractivity contribution >= 4 is 11.6 Å². The van der Waals surface area contributed by atoms with Crippen LogP contribution in [0.15, 0.2) is 23.8 Å². The van der Waals surface area contributed by atoms with Gasteiger partial charge in [0.05, 0.1) is 6.10 Å². The van der Waals surface area contributed by atoms with Gasteiger partial charge in [-0.25, -0.2) is 0 Å². The summed E-state index contributed by atoms with van der Waals surface area (Å²) in [4.78, 5) is 25.2. The van der Waals surface area contributed by atoms with Crippen molar-refractivity contribution in [3.8, 4) is 0 Å². The minimum atomic E-state index is -1.17. The van der Waals surface area contributed by atoms with Gasteiger partial charge in [-0.3, -0.25) is 9.59 Å². The van der Waals surface area contributed by atoms with Crippen molar-refractivity contribution in [2.24, 2.45) is 34.5 Å². The highest BCUT2D eigenvalue weighted by atomic mass is 16.7. The Morgan fingerprint density at radius 1 is 1.35 bits per heavy atom. The number of carbonyl (C=O) groups excluding carboxylic acids is 2. The standard InChI is InChI=1S/C25H36O6/c1-14-10-17-18-7-9-25(21(29)13-26,31-15(2)30-5)24(18,4)12-20(28)22(17)23(3)8-6-16(27)11-19(14)23/h6,8,11,14-15,17-18,20,22,26,28H,7,9-10,12-13H2,1-5H3/t14?,15?,17-,18-,20?,22+,23-,24-,25-/m0/s1. The lowest BCUT2D eigenvalue weighted by Crippen LogP contribution is -2.63. The lowest BCUT2D eigenvalue weighted by atomic mass is 9.44. The molecule has 172 valence electrons. The molecule has 3 fully saturated rings. The van der Waals surface area contributed by atoms with Gasteiger partial charge in [0.15, 0.2) is 17.9 Å². The highest BCUT2D eigenvalue weighted by molar-refractivity contribution is 6.01. The third-order valence-electron chi connectivity index (χ3n) is 9.23. The topological polar surface area (TPSA) is 93.1 Å². The van der Waals surface area contributed by atoms with Gasteiger partial charge >= 0.3 is 0 Å². The zero-order valence-corrected chi connectivity index (χ0v) is 19.3. The summed E-state index contributed by atoms with van der Waals surface area (Å²) in [6.45, 7) is 7.53. The van der Waals surface area contributed by atoms with Gasteiger partial charge in [-0.15, -0.1) is 0 Å². The quantitative estimate of drug-likeness (QED) is 0.649. The molecule has 4 rings (SSSR count). The Bertz CT molecular complexity index is 832. The maximum absolute atomic E-state index is 13.1. The summed E-state index contributed by atoms with van der Waals surface area (Å²) in [5, 5.41) is 21.4. The zero-order chi connectivity index (χ0) is 22.8. The van der Waals surface area contributed by atoms with E-state index in [9.17, 15) is 19.8 Å². The van der Waals surface area contributed by atoms with Crippen LogP contribution < -0.4 is 0 Å². The second-order valence-electron chi connectivity index (χ2n) is 10.6. The summed E-state index contributed by atoms with van der Waals surface area (Å²) in [7, 11) is 1.54. The summed E-state index contributed by atoms with van der Waals surface area (Å²) in [6, 6.07) is 0. The minimum Gasteiger partial charge on any atom is -0.393 e. The van der Waals surface area contributed by atoms with Crippen molar-refractivity contribution < 1.29 is 29.3 Å². The van der Waals surface area contributed by atoms with Crippen molar-refractivity contribution in [2.75, 3.05) is 13.7 Å². The average Bonchev–Trinajstić information content (AvgIpc) is 3.01. The molecule has 0 spiro atoms. The SMILES string of the molecule is COC(C)O[C@]1(C(=O)CO)CC[C@H]2[C@@H]3CC(C)C4=CC(=O)C=C[C@]4(C)[C@H]3C(O)C[C@@]21C. The lowest BCUT2D eigenvalue weighted by Gasteiger charge is -2.61. The van der Waals surface area contributed by atoms with E-state index in [2.05, 4.69) is 20.8 Å². The zero-order valence-electron chi connectivity index (χ0n) is 19.3. The first kappa shape index (κ1) is 22.8. The Labute approximate surface area is 184 Å². The summed E-state index contributed by atoms with van der Waals surface area (Å²) in [5.74, 6) is 0.259. The molecular formula is C25H36O6. The molecule has 0 amide bonds. The van der Waals surface area contributed by atoms with Crippen molar-refractivity contribution in [3.63, 3.8) is 0 Å². The highest BCUT2D eigenvalue weighted by Crippen LogP contribution is 2.68. The maximum atomic E-state index is 13.1. The molecule has 6 nitrogen and oxygen atoms in total. The number of hydrogen-bond acceptors (Lipinski definition) is 6. The number of Topliss-reactive ketones (excluding diaryl/α,β-unsaturated/α-hetero) is 1. The van der Waals surface area contributed by atoms with Crippen LogP contribution in [0.4, 0.5) is 0 Å². The predicted octanol–water partition coefficient (Wildman–Crippen LogP) is 2.82. The number of aliphatic hydroxyl groups is 2. The molecule has 0 saturated heterocycles. The van der Waals surface area contributed by atoms with E-state index in [1.165, 1.54) is 7.11 Å². The second-order valence-corrected chi connectivity index (χ2v) is 10.6. The number of ketones is 2. The Hall–Kier alpha value is -1.34. The number of ether oxygens (including phenoxy) is 2. The molecule has 0 radical (unpaired) electrons. The number of hydrogen-bond donors (Lipinski definition) is 2.